The summed E-state index contributed by atoms with van der Waals surface area (Å²) in [5.41, 5.74) is 5.37. The molecule has 0 aliphatic carbocycles. The molecule has 0 spiro atoms. The summed E-state index contributed by atoms with van der Waals surface area (Å²) < 4.78 is 0. The molecule has 5 nitrogen and oxygen atoms in total. The molecule has 1 saturated heterocycles. The predicted octanol–water partition coefficient (Wildman–Crippen LogP) is 1.46. The predicted molar refractivity (Wildman–Crippen MR) is 73.6 cm³/mol. The Morgan fingerprint density at radius 3 is 2.16 bits per heavy atom. The maximum atomic E-state index is 12.6. The number of carbonyl (C=O) groups excluding carboxylic acids is 1. The lowest BCUT2D eigenvalue weighted by atomic mass is 9.80. The molecule has 0 aromatic rings. The number of hydrogen-bond donors (Lipinski definition) is 2. The van der Waals surface area contributed by atoms with Crippen molar-refractivity contribution in [1.29, 1.82) is 0 Å². The smallest absolute Gasteiger partial charge is 0.303 e. The first-order valence-electron chi connectivity index (χ1n) is 7.20. The van der Waals surface area contributed by atoms with E-state index in [2.05, 4.69) is 0 Å². The second-order valence-corrected chi connectivity index (χ2v) is 5.53. The fraction of sp³-hybridized carbons (Fsp3) is 0.857. The lowest BCUT2D eigenvalue weighted by Crippen LogP contribution is -2.50. The largest absolute Gasteiger partial charge is 0.481 e. The molecule has 110 valence electrons. The van der Waals surface area contributed by atoms with Crippen molar-refractivity contribution in [3.8, 4) is 0 Å². The van der Waals surface area contributed by atoms with E-state index < -0.39 is 11.4 Å². The van der Waals surface area contributed by atoms with Gasteiger partial charge in [0.25, 0.3) is 0 Å². The summed E-state index contributed by atoms with van der Waals surface area (Å²) in [6.45, 7) is 5.72. The lowest BCUT2D eigenvalue weighted by Gasteiger charge is -2.38. The summed E-state index contributed by atoms with van der Waals surface area (Å²) in [6.07, 6.45) is 3.30. The quantitative estimate of drug-likeness (QED) is 0.765. The lowest BCUT2D eigenvalue weighted by molar-refractivity contribution is -0.144. The molecule has 19 heavy (non-hydrogen) atoms. The molecular formula is C14H26N2O3. The van der Waals surface area contributed by atoms with Gasteiger partial charge in [-0.15, -0.1) is 0 Å². The SMILES string of the molecule is CCC(CC)(CN)C(=O)N1CCC(CC(=O)O)CC1. The molecule has 1 heterocycles. The number of hydrogen-bond acceptors (Lipinski definition) is 3. The van der Waals surface area contributed by atoms with Crippen molar-refractivity contribution in [2.75, 3.05) is 19.6 Å². The summed E-state index contributed by atoms with van der Waals surface area (Å²) in [6, 6.07) is 0. The molecule has 0 radical (unpaired) electrons. The van der Waals surface area contributed by atoms with Crippen LogP contribution in [0.5, 0.6) is 0 Å². The molecule has 0 aromatic heterocycles. The zero-order chi connectivity index (χ0) is 14.5. The van der Waals surface area contributed by atoms with Crippen LogP contribution in [0.3, 0.4) is 0 Å². The average molecular weight is 270 g/mol. The Labute approximate surface area is 115 Å². The van der Waals surface area contributed by atoms with E-state index in [0.717, 1.165) is 25.7 Å². The van der Waals surface area contributed by atoms with Gasteiger partial charge in [0, 0.05) is 26.1 Å². The van der Waals surface area contributed by atoms with Crippen LogP contribution in [0.25, 0.3) is 0 Å². The van der Waals surface area contributed by atoms with Crippen LogP contribution < -0.4 is 5.73 Å². The van der Waals surface area contributed by atoms with E-state index in [1.807, 2.05) is 18.7 Å². The van der Waals surface area contributed by atoms with Crippen LogP contribution in [-0.4, -0.2) is 41.5 Å². The zero-order valence-electron chi connectivity index (χ0n) is 12.0. The van der Waals surface area contributed by atoms with E-state index in [1.54, 1.807) is 0 Å². The number of nitrogens with zero attached hydrogens (tertiary/aromatic N) is 1. The number of nitrogens with two attached hydrogens (primary N) is 1. The second-order valence-electron chi connectivity index (χ2n) is 5.53. The number of aliphatic carboxylic acids is 1. The van der Waals surface area contributed by atoms with Gasteiger partial charge in [0.15, 0.2) is 0 Å². The van der Waals surface area contributed by atoms with Crippen LogP contribution in [0.15, 0.2) is 0 Å². The molecule has 0 atom stereocenters. The molecule has 0 aromatic carbocycles. The summed E-state index contributed by atoms with van der Waals surface area (Å²) in [7, 11) is 0. The van der Waals surface area contributed by atoms with Crippen LogP contribution in [-0.2, 0) is 9.59 Å². The highest BCUT2D eigenvalue weighted by Gasteiger charge is 2.38. The molecule has 0 unspecified atom stereocenters. The topological polar surface area (TPSA) is 83.6 Å². The van der Waals surface area contributed by atoms with Gasteiger partial charge in [-0.2, -0.15) is 0 Å². The number of carboxylic acids is 1. The molecule has 1 rings (SSSR count). The molecule has 0 saturated carbocycles. The van der Waals surface area contributed by atoms with Gasteiger partial charge in [-0.3, -0.25) is 9.59 Å². The third kappa shape index (κ3) is 3.69. The van der Waals surface area contributed by atoms with Gasteiger partial charge in [0.1, 0.15) is 0 Å². The molecule has 1 fully saturated rings. The molecule has 3 N–H and O–H groups in total. The normalized spacial score (nSPS) is 17.5. The van der Waals surface area contributed by atoms with Gasteiger partial charge in [0.05, 0.1) is 5.41 Å². The van der Waals surface area contributed by atoms with Gasteiger partial charge in [0.2, 0.25) is 5.91 Å². The van der Waals surface area contributed by atoms with Crippen molar-refractivity contribution in [3.05, 3.63) is 0 Å². The Morgan fingerprint density at radius 2 is 1.79 bits per heavy atom. The fourth-order valence-corrected chi connectivity index (χ4v) is 2.85. The molecular weight excluding hydrogens is 244 g/mol. The van der Waals surface area contributed by atoms with E-state index in [4.69, 9.17) is 10.8 Å². The van der Waals surface area contributed by atoms with E-state index >= 15 is 0 Å². The standard InChI is InChI=1S/C14H26N2O3/c1-3-14(4-2,10-15)13(19)16-7-5-11(6-8-16)9-12(17)18/h11H,3-10,15H2,1-2H3,(H,17,18). The second kappa shape index (κ2) is 6.89. The summed E-state index contributed by atoms with van der Waals surface area (Å²) in [5, 5.41) is 8.79. The highest BCUT2D eigenvalue weighted by molar-refractivity contribution is 5.83. The number of rotatable bonds is 6. The van der Waals surface area contributed by atoms with Gasteiger partial charge in [-0.1, -0.05) is 13.8 Å². The molecule has 1 aliphatic heterocycles. The fourth-order valence-electron chi connectivity index (χ4n) is 2.85. The summed E-state index contributed by atoms with van der Waals surface area (Å²) in [5.74, 6) is -0.394. The minimum absolute atomic E-state index is 0.147. The van der Waals surface area contributed by atoms with Crippen LogP contribution in [0.2, 0.25) is 0 Å². The first-order chi connectivity index (χ1) is 8.99. The molecule has 0 bridgehead atoms. The van der Waals surface area contributed by atoms with Crippen LogP contribution in [0.1, 0.15) is 46.0 Å². The van der Waals surface area contributed by atoms with Gasteiger partial charge in [-0.25, -0.2) is 0 Å². The number of carbonyl (C=O) groups is 2. The highest BCUT2D eigenvalue weighted by Crippen LogP contribution is 2.30. The third-order valence-corrected chi connectivity index (χ3v) is 4.56. The molecule has 1 amide bonds. The van der Waals surface area contributed by atoms with Gasteiger partial charge >= 0.3 is 5.97 Å². The Morgan fingerprint density at radius 1 is 1.26 bits per heavy atom. The number of likely N-dealkylation sites (tertiary alicyclic amines) is 1. The van der Waals surface area contributed by atoms with E-state index in [9.17, 15) is 9.59 Å². The van der Waals surface area contributed by atoms with Crippen molar-refractivity contribution < 1.29 is 14.7 Å². The third-order valence-electron chi connectivity index (χ3n) is 4.56. The number of piperidine rings is 1. The van der Waals surface area contributed by atoms with Gasteiger partial charge in [-0.05, 0) is 31.6 Å². The average Bonchev–Trinajstić information content (AvgIpc) is 2.41. The van der Waals surface area contributed by atoms with E-state index in [1.165, 1.54) is 0 Å². The Kier molecular flexibility index (Phi) is 5.79. The number of carboxylic acid groups (broad SMARTS) is 1. The molecule has 1 aliphatic rings. The Hall–Kier alpha value is -1.10. The van der Waals surface area contributed by atoms with E-state index in [0.29, 0.717) is 19.6 Å². The first kappa shape index (κ1) is 16.0. The Balaban J connectivity index is 2.59. The Bertz CT molecular complexity index is 310. The molecule has 5 heteroatoms. The first-order valence-corrected chi connectivity index (χ1v) is 7.20. The van der Waals surface area contributed by atoms with Gasteiger partial charge < -0.3 is 15.7 Å². The number of amides is 1. The van der Waals surface area contributed by atoms with Crippen molar-refractivity contribution in [1.82, 2.24) is 4.90 Å². The highest BCUT2D eigenvalue weighted by atomic mass is 16.4. The minimum Gasteiger partial charge on any atom is -0.481 e. The van der Waals surface area contributed by atoms with Crippen molar-refractivity contribution >= 4 is 11.9 Å². The summed E-state index contributed by atoms with van der Waals surface area (Å²) in [4.78, 5) is 25.1. The zero-order valence-corrected chi connectivity index (χ0v) is 12.0. The van der Waals surface area contributed by atoms with Crippen LogP contribution >= 0.6 is 0 Å². The van der Waals surface area contributed by atoms with Crippen molar-refractivity contribution in [3.63, 3.8) is 0 Å². The maximum absolute atomic E-state index is 12.6. The van der Waals surface area contributed by atoms with Crippen LogP contribution in [0, 0.1) is 11.3 Å². The van der Waals surface area contributed by atoms with Crippen LogP contribution in [0.4, 0.5) is 0 Å². The summed E-state index contributed by atoms with van der Waals surface area (Å²) >= 11 is 0. The monoisotopic (exact) mass is 270 g/mol. The van der Waals surface area contributed by atoms with Crippen molar-refractivity contribution in [2.24, 2.45) is 17.1 Å². The van der Waals surface area contributed by atoms with Crippen molar-refractivity contribution in [2.45, 2.75) is 46.0 Å². The minimum atomic E-state index is -0.747. The maximum Gasteiger partial charge on any atom is 0.303 e. The van der Waals surface area contributed by atoms with E-state index in [-0.39, 0.29) is 18.2 Å².